The van der Waals surface area contributed by atoms with Crippen LogP contribution in [0, 0.1) is 0 Å². The first-order chi connectivity index (χ1) is 20.1. The first-order valence-corrected chi connectivity index (χ1v) is 30.0. The van der Waals surface area contributed by atoms with Crippen LogP contribution in [0.4, 0.5) is 0 Å². The molecule has 1 aliphatic rings. The van der Waals surface area contributed by atoms with Gasteiger partial charge in [-0.2, -0.15) is 0 Å². The van der Waals surface area contributed by atoms with Crippen molar-refractivity contribution in [2.75, 3.05) is 13.1 Å². The molecule has 0 radical (unpaired) electrons. The molecule has 0 atom stereocenters. The third-order valence-electron chi connectivity index (χ3n) is 6.62. The number of carbonyl (C=O) groups is 2. The molecule has 0 bridgehead atoms. The van der Waals surface area contributed by atoms with Crippen LogP contribution in [0.2, 0.25) is 19.8 Å². The van der Waals surface area contributed by atoms with E-state index >= 15 is 0 Å². The number of aliphatic imine (C=N–C) groups is 2. The summed E-state index contributed by atoms with van der Waals surface area (Å²) in [6.45, 7) is 0.498. The maximum absolute atomic E-state index is 12.9. The zero-order valence-electron chi connectivity index (χ0n) is 24.3. The molecule has 0 saturated heterocycles. The Morgan fingerprint density at radius 3 is 1.38 bits per heavy atom. The fraction of sp³-hybridized carbons (Fsp3) is 0.250. The second-order valence-corrected chi connectivity index (χ2v) is 29.2. The molecule has 216 valence electrons. The Hall–Kier alpha value is -3.12. The van der Waals surface area contributed by atoms with Crippen LogP contribution in [-0.2, 0) is 15.7 Å². The second-order valence-electron chi connectivity index (χ2n) is 10.9. The van der Waals surface area contributed by atoms with E-state index in [0.29, 0.717) is 11.5 Å². The average Bonchev–Trinajstić information content (AvgIpc) is 2.93. The third-order valence-corrected chi connectivity index (χ3v) is 14.8. The molecule has 0 amide bonds. The molecule has 0 aliphatic carbocycles. The SMILES string of the molecule is [CH3][Sn]1([CH3])[O]C(=O)CCN=Cc2c(ccc3ccccc23)[O][Sn]([CH3])([CH3])[O]C(=O)CCN=Cc2c(ccc3ccccc23)[O]1. The van der Waals surface area contributed by atoms with Gasteiger partial charge in [-0.1, -0.05) is 0 Å². The summed E-state index contributed by atoms with van der Waals surface area (Å²) in [4.78, 5) is 42.5. The topological polar surface area (TPSA) is 95.8 Å². The molecule has 0 saturated carbocycles. The number of nitrogens with zero attached hydrogens (tertiary/aromatic N) is 2. The van der Waals surface area contributed by atoms with Gasteiger partial charge in [0.1, 0.15) is 0 Å². The van der Waals surface area contributed by atoms with E-state index < -0.39 is 38.4 Å². The van der Waals surface area contributed by atoms with Gasteiger partial charge in [0.2, 0.25) is 0 Å². The summed E-state index contributed by atoms with van der Waals surface area (Å²) < 4.78 is 24.7. The van der Waals surface area contributed by atoms with Crippen LogP contribution in [-0.4, -0.2) is 75.9 Å². The van der Waals surface area contributed by atoms with Gasteiger partial charge in [-0.05, 0) is 0 Å². The van der Waals surface area contributed by atoms with E-state index in [2.05, 4.69) is 9.98 Å². The molecular weight excluding hydrogens is 746 g/mol. The fourth-order valence-corrected chi connectivity index (χ4v) is 12.8. The Labute approximate surface area is 255 Å². The van der Waals surface area contributed by atoms with E-state index in [1.165, 1.54) is 0 Å². The molecule has 5 rings (SSSR count). The molecule has 0 N–H and O–H groups in total. The Balaban J connectivity index is 1.47. The molecule has 1 aliphatic heterocycles. The van der Waals surface area contributed by atoms with Gasteiger partial charge in [-0.3, -0.25) is 0 Å². The van der Waals surface area contributed by atoms with Crippen molar-refractivity contribution < 1.29 is 21.9 Å². The Bertz CT molecular complexity index is 1570. The Morgan fingerprint density at radius 2 is 0.952 bits per heavy atom. The predicted octanol–water partition coefficient (Wildman–Crippen LogP) is 6.57. The standard InChI is InChI=1S/2C14H13NO3.4CH3.2Sn/c2*16-13-6-5-10-3-1-2-4-11(10)12(13)9-15-8-7-14(17)18;;;;;;/h2*1-6,9,16H,7-8H2,(H,17,18);4*1H3;;/q;;;;;;2*+2/p-4. The van der Waals surface area contributed by atoms with Gasteiger partial charge in [0.25, 0.3) is 0 Å². The van der Waals surface area contributed by atoms with E-state index in [4.69, 9.17) is 12.3 Å². The van der Waals surface area contributed by atoms with Crippen LogP contribution < -0.4 is 6.15 Å². The van der Waals surface area contributed by atoms with Crippen LogP contribution in [0.5, 0.6) is 11.5 Å². The minimum absolute atomic E-state index is 0.121. The summed E-state index contributed by atoms with van der Waals surface area (Å²) in [6, 6.07) is 23.6. The molecule has 4 aromatic rings. The molecule has 0 spiro atoms. The number of hydrogen-bond acceptors (Lipinski definition) is 8. The number of carbonyl (C=O) groups excluding carboxylic acids is 2. The van der Waals surface area contributed by atoms with Crippen molar-refractivity contribution in [2.45, 2.75) is 32.6 Å². The van der Waals surface area contributed by atoms with Crippen LogP contribution in [0.15, 0.2) is 82.8 Å². The summed E-state index contributed by atoms with van der Waals surface area (Å²) >= 11 is -7.57. The van der Waals surface area contributed by atoms with E-state index in [1.54, 1.807) is 12.4 Å². The monoisotopic (exact) mass is 782 g/mol. The summed E-state index contributed by atoms with van der Waals surface area (Å²) in [6.07, 6.45) is 3.70. The zero-order chi connectivity index (χ0) is 29.7. The summed E-state index contributed by atoms with van der Waals surface area (Å²) in [7, 11) is 0. The van der Waals surface area contributed by atoms with Gasteiger partial charge < -0.3 is 0 Å². The molecule has 0 unspecified atom stereocenters. The molecule has 0 aromatic heterocycles. The van der Waals surface area contributed by atoms with E-state index in [0.717, 1.165) is 32.7 Å². The molecular formula is C32H34N2O6Sn2. The quantitative estimate of drug-likeness (QED) is 0.188. The minimum atomic E-state index is -3.78. The number of benzene rings is 4. The average molecular weight is 780 g/mol. The van der Waals surface area contributed by atoms with Crippen LogP contribution in [0.25, 0.3) is 21.5 Å². The van der Waals surface area contributed by atoms with Gasteiger partial charge >= 0.3 is 257 Å². The summed E-state index contributed by atoms with van der Waals surface area (Å²) in [5.41, 5.74) is 1.57. The predicted molar refractivity (Wildman–Crippen MR) is 170 cm³/mol. The Morgan fingerprint density at radius 1 is 0.548 bits per heavy atom. The van der Waals surface area contributed by atoms with Crippen LogP contribution in [0.3, 0.4) is 0 Å². The van der Waals surface area contributed by atoms with Crippen molar-refractivity contribution in [3.8, 4) is 11.5 Å². The molecule has 4 aromatic carbocycles. The normalized spacial score (nSPS) is 17.7. The maximum atomic E-state index is 12.9. The molecule has 1 heterocycles. The Kier molecular flexibility index (Phi) is 9.41. The molecule has 10 heteroatoms. The van der Waals surface area contributed by atoms with Crippen molar-refractivity contribution in [3.05, 3.63) is 83.9 Å². The van der Waals surface area contributed by atoms with Gasteiger partial charge in [-0.15, -0.1) is 0 Å². The van der Waals surface area contributed by atoms with Gasteiger partial charge in [0.05, 0.1) is 0 Å². The number of hydrogen-bond donors (Lipinski definition) is 0. The van der Waals surface area contributed by atoms with Crippen LogP contribution >= 0.6 is 0 Å². The van der Waals surface area contributed by atoms with Crippen LogP contribution in [0.1, 0.15) is 24.0 Å². The van der Waals surface area contributed by atoms with Crippen molar-refractivity contribution in [1.29, 1.82) is 0 Å². The van der Waals surface area contributed by atoms with E-state index in [9.17, 15) is 9.59 Å². The van der Waals surface area contributed by atoms with Gasteiger partial charge in [-0.25, -0.2) is 0 Å². The van der Waals surface area contributed by atoms with Crippen molar-refractivity contribution in [3.63, 3.8) is 0 Å². The van der Waals surface area contributed by atoms with Gasteiger partial charge in [0, 0.05) is 0 Å². The fourth-order valence-electron chi connectivity index (χ4n) is 4.84. The molecule has 8 nitrogen and oxygen atoms in total. The zero-order valence-corrected chi connectivity index (χ0v) is 30.0. The van der Waals surface area contributed by atoms with Crippen molar-refractivity contribution in [2.24, 2.45) is 9.98 Å². The molecule has 0 fully saturated rings. The second kappa shape index (κ2) is 13.0. The first kappa shape index (κ1) is 30.3. The summed E-state index contributed by atoms with van der Waals surface area (Å²) in [5.74, 6) is 0.541. The summed E-state index contributed by atoms with van der Waals surface area (Å²) in [5, 5.41) is 3.99. The number of rotatable bonds is 0. The van der Waals surface area contributed by atoms with E-state index in [-0.39, 0.29) is 37.9 Å². The first-order valence-electron chi connectivity index (χ1n) is 14.0. The number of fused-ring (bicyclic) bond motifs is 6. The third kappa shape index (κ3) is 7.63. The van der Waals surface area contributed by atoms with E-state index in [1.807, 2.05) is 92.6 Å². The van der Waals surface area contributed by atoms with Gasteiger partial charge in [0.15, 0.2) is 0 Å². The molecule has 42 heavy (non-hydrogen) atoms. The van der Waals surface area contributed by atoms with Crippen molar-refractivity contribution >= 4 is 84.3 Å². The van der Waals surface area contributed by atoms with Crippen molar-refractivity contribution in [1.82, 2.24) is 0 Å².